The highest BCUT2D eigenvalue weighted by atomic mass is 79.9. The average molecular weight is 383 g/mol. The number of nitrogens with zero attached hydrogens (tertiary/aromatic N) is 2. The van der Waals surface area contributed by atoms with Crippen LogP contribution >= 0.6 is 15.9 Å². The maximum atomic E-state index is 4.65. The third-order valence-electron chi connectivity index (χ3n) is 3.31. The van der Waals surface area contributed by atoms with Crippen LogP contribution in [0.2, 0.25) is 0 Å². The van der Waals surface area contributed by atoms with Crippen molar-refractivity contribution in [3.05, 3.63) is 65.1 Å². The van der Waals surface area contributed by atoms with Crippen molar-refractivity contribution in [2.24, 2.45) is 0 Å². The first-order valence-electron chi connectivity index (χ1n) is 7.84. The Morgan fingerprint density at radius 3 is 2.21 bits per heavy atom. The summed E-state index contributed by atoms with van der Waals surface area (Å²) in [7, 11) is 0. The van der Waals surface area contributed by atoms with Gasteiger partial charge in [0.1, 0.15) is 11.6 Å². The normalized spacial score (nSPS) is 10.7. The zero-order valence-electron chi connectivity index (χ0n) is 13.6. The van der Waals surface area contributed by atoms with Gasteiger partial charge in [-0.15, -0.1) is 0 Å². The molecule has 0 aliphatic heterocycles. The monoisotopic (exact) mass is 382 g/mol. The van der Waals surface area contributed by atoms with E-state index < -0.39 is 0 Å². The molecule has 0 aliphatic carbocycles. The lowest BCUT2D eigenvalue weighted by Crippen LogP contribution is -2.12. The van der Waals surface area contributed by atoms with Gasteiger partial charge in [0.15, 0.2) is 5.82 Å². The van der Waals surface area contributed by atoms with Crippen molar-refractivity contribution in [2.45, 2.75) is 19.9 Å². The zero-order valence-corrected chi connectivity index (χ0v) is 15.2. The molecule has 2 aromatic carbocycles. The van der Waals surface area contributed by atoms with E-state index in [1.54, 1.807) is 0 Å². The van der Waals surface area contributed by atoms with Crippen molar-refractivity contribution in [2.75, 3.05) is 10.6 Å². The highest BCUT2D eigenvalue weighted by Gasteiger charge is 2.08. The van der Waals surface area contributed by atoms with E-state index in [-0.39, 0.29) is 0 Å². The summed E-state index contributed by atoms with van der Waals surface area (Å²) in [4.78, 5) is 9.28. The molecule has 0 spiro atoms. The predicted octanol–water partition coefficient (Wildman–Crippen LogP) is 5.47. The number of nitrogens with one attached hydrogen (secondary N) is 2. The molecule has 0 unspecified atom stereocenters. The second-order valence-electron chi connectivity index (χ2n) is 5.76. The number of hydrogen-bond donors (Lipinski definition) is 2. The molecule has 0 amide bonds. The molecule has 1 heterocycles. The first-order chi connectivity index (χ1) is 11.6. The van der Waals surface area contributed by atoms with Gasteiger partial charge in [-0.2, -0.15) is 0 Å². The van der Waals surface area contributed by atoms with Gasteiger partial charge in [0.2, 0.25) is 0 Å². The number of benzene rings is 2. The fourth-order valence-corrected chi connectivity index (χ4v) is 2.54. The molecule has 0 fully saturated rings. The van der Waals surface area contributed by atoms with Crippen LogP contribution in [0.1, 0.15) is 13.8 Å². The smallest absolute Gasteiger partial charge is 0.163 e. The fourth-order valence-electron chi connectivity index (χ4n) is 2.28. The van der Waals surface area contributed by atoms with Crippen molar-refractivity contribution in [3.63, 3.8) is 0 Å². The van der Waals surface area contributed by atoms with Crippen LogP contribution < -0.4 is 10.6 Å². The summed E-state index contributed by atoms with van der Waals surface area (Å²) in [6, 6.07) is 20.2. The predicted molar refractivity (Wildman–Crippen MR) is 104 cm³/mol. The molecule has 122 valence electrons. The molecule has 0 radical (unpaired) electrons. The summed E-state index contributed by atoms with van der Waals surface area (Å²) in [6.07, 6.45) is 0. The summed E-state index contributed by atoms with van der Waals surface area (Å²) >= 11 is 3.45. The Hall–Kier alpha value is -2.40. The van der Waals surface area contributed by atoms with E-state index in [0.717, 1.165) is 27.4 Å². The number of halogens is 1. The van der Waals surface area contributed by atoms with E-state index in [1.807, 2.05) is 60.7 Å². The number of rotatable bonds is 5. The van der Waals surface area contributed by atoms with E-state index >= 15 is 0 Å². The van der Waals surface area contributed by atoms with Crippen LogP contribution in [0.5, 0.6) is 0 Å². The Bertz CT molecular complexity index is 801. The molecule has 0 bridgehead atoms. The summed E-state index contributed by atoms with van der Waals surface area (Å²) in [5.74, 6) is 2.26. The molecule has 1 aromatic heterocycles. The van der Waals surface area contributed by atoms with Crippen LogP contribution in [0.4, 0.5) is 17.3 Å². The topological polar surface area (TPSA) is 49.8 Å². The molecule has 0 aliphatic rings. The number of hydrogen-bond acceptors (Lipinski definition) is 4. The molecule has 5 heteroatoms. The summed E-state index contributed by atoms with van der Waals surface area (Å²) in [6.45, 7) is 4.18. The van der Waals surface area contributed by atoms with Crippen molar-refractivity contribution in [1.82, 2.24) is 9.97 Å². The molecule has 3 rings (SSSR count). The number of aromatic nitrogens is 2. The Balaban J connectivity index is 1.96. The van der Waals surface area contributed by atoms with Crippen molar-refractivity contribution < 1.29 is 0 Å². The summed E-state index contributed by atoms with van der Waals surface area (Å²) < 4.78 is 1.04. The highest BCUT2D eigenvalue weighted by Crippen LogP contribution is 2.23. The Morgan fingerprint density at radius 1 is 0.875 bits per heavy atom. The minimum Gasteiger partial charge on any atom is -0.368 e. The quantitative estimate of drug-likeness (QED) is 0.614. The Kier molecular flexibility index (Phi) is 5.11. The SMILES string of the molecule is CC(C)Nc1cc(Nc2ccc(Br)cc2)nc(-c2ccccc2)n1. The van der Waals surface area contributed by atoms with Gasteiger partial charge in [-0.25, -0.2) is 9.97 Å². The van der Waals surface area contributed by atoms with E-state index in [9.17, 15) is 0 Å². The molecular formula is C19H19BrN4. The van der Waals surface area contributed by atoms with Crippen molar-refractivity contribution in [1.29, 1.82) is 0 Å². The standard InChI is InChI=1S/C19H19BrN4/c1-13(2)21-17-12-18(22-16-10-8-15(20)9-11-16)24-19(23-17)14-6-4-3-5-7-14/h3-13H,1-2H3,(H2,21,22,23,24). The lowest BCUT2D eigenvalue weighted by molar-refractivity contribution is 0.887. The largest absolute Gasteiger partial charge is 0.368 e. The van der Waals surface area contributed by atoms with Crippen LogP contribution in [0.25, 0.3) is 11.4 Å². The summed E-state index contributed by atoms with van der Waals surface area (Å²) in [5, 5.41) is 6.69. The van der Waals surface area contributed by atoms with Crippen LogP contribution in [0.15, 0.2) is 65.1 Å². The van der Waals surface area contributed by atoms with Crippen LogP contribution in [-0.2, 0) is 0 Å². The first-order valence-corrected chi connectivity index (χ1v) is 8.63. The van der Waals surface area contributed by atoms with Crippen molar-refractivity contribution >= 4 is 33.3 Å². The average Bonchev–Trinajstić information content (AvgIpc) is 2.57. The lowest BCUT2D eigenvalue weighted by atomic mass is 10.2. The Labute approximate surface area is 150 Å². The van der Waals surface area contributed by atoms with Gasteiger partial charge in [-0.1, -0.05) is 46.3 Å². The maximum absolute atomic E-state index is 4.65. The molecule has 0 saturated heterocycles. The van der Waals surface area contributed by atoms with Gasteiger partial charge in [-0.05, 0) is 38.1 Å². The van der Waals surface area contributed by atoms with Gasteiger partial charge >= 0.3 is 0 Å². The summed E-state index contributed by atoms with van der Waals surface area (Å²) in [5.41, 5.74) is 1.97. The Morgan fingerprint density at radius 2 is 1.54 bits per heavy atom. The molecular weight excluding hydrogens is 364 g/mol. The van der Waals surface area contributed by atoms with Gasteiger partial charge in [0.25, 0.3) is 0 Å². The van der Waals surface area contributed by atoms with E-state index in [0.29, 0.717) is 11.9 Å². The van der Waals surface area contributed by atoms with E-state index in [4.69, 9.17) is 0 Å². The van der Waals surface area contributed by atoms with Gasteiger partial charge in [0, 0.05) is 27.8 Å². The minimum atomic E-state index is 0.295. The molecule has 0 saturated carbocycles. The molecule has 2 N–H and O–H groups in total. The second kappa shape index (κ2) is 7.45. The van der Waals surface area contributed by atoms with E-state index in [2.05, 4.69) is 50.4 Å². The van der Waals surface area contributed by atoms with Crippen molar-refractivity contribution in [3.8, 4) is 11.4 Å². The molecule has 4 nitrogen and oxygen atoms in total. The van der Waals surface area contributed by atoms with Crippen LogP contribution in [0.3, 0.4) is 0 Å². The zero-order chi connectivity index (χ0) is 16.9. The second-order valence-corrected chi connectivity index (χ2v) is 6.67. The fraction of sp³-hybridized carbons (Fsp3) is 0.158. The third kappa shape index (κ3) is 4.32. The van der Waals surface area contributed by atoms with Gasteiger partial charge < -0.3 is 10.6 Å². The third-order valence-corrected chi connectivity index (χ3v) is 3.84. The lowest BCUT2D eigenvalue weighted by Gasteiger charge is -2.13. The van der Waals surface area contributed by atoms with Gasteiger partial charge in [0.05, 0.1) is 0 Å². The van der Waals surface area contributed by atoms with Crippen LogP contribution in [0, 0.1) is 0 Å². The maximum Gasteiger partial charge on any atom is 0.163 e. The molecule has 24 heavy (non-hydrogen) atoms. The first kappa shape index (κ1) is 16.5. The molecule has 0 atom stereocenters. The highest BCUT2D eigenvalue weighted by molar-refractivity contribution is 9.10. The number of anilines is 3. The van der Waals surface area contributed by atoms with Gasteiger partial charge in [-0.3, -0.25) is 0 Å². The molecule has 3 aromatic rings. The minimum absolute atomic E-state index is 0.295. The van der Waals surface area contributed by atoms with Crippen LogP contribution in [-0.4, -0.2) is 16.0 Å². The van der Waals surface area contributed by atoms with E-state index in [1.165, 1.54) is 0 Å².